The Balaban J connectivity index is 1.93. The minimum Gasteiger partial charge on any atom is -0.480 e. The van der Waals surface area contributed by atoms with Gasteiger partial charge in [-0.05, 0) is 18.6 Å². The number of nitrogens with zero attached hydrogens (tertiary/aromatic N) is 1. The van der Waals surface area contributed by atoms with Crippen LogP contribution in [0.15, 0.2) is 18.2 Å². The third-order valence-electron chi connectivity index (χ3n) is 2.60. The van der Waals surface area contributed by atoms with Crippen LogP contribution in [0.4, 0.5) is 0 Å². The Morgan fingerprint density at radius 3 is 3.18 bits per heavy atom. The number of hydrogen-bond donors (Lipinski definition) is 1. The van der Waals surface area contributed by atoms with Gasteiger partial charge in [0.25, 0.3) is 0 Å². The summed E-state index contributed by atoms with van der Waals surface area (Å²) in [4.78, 5) is 4.29. The van der Waals surface area contributed by atoms with Crippen LogP contribution in [0.3, 0.4) is 0 Å². The number of methoxy groups -OCH3 is 1. The first-order valence-electron chi connectivity index (χ1n) is 5.58. The van der Waals surface area contributed by atoms with Gasteiger partial charge in [0.05, 0.1) is 32.1 Å². The Morgan fingerprint density at radius 1 is 1.59 bits per heavy atom. The number of nitrogens with one attached hydrogen (secondary N) is 1. The number of pyridine rings is 1. The smallest absolute Gasteiger partial charge is 0.232 e. The molecule has 1 atom stereocenters. The van der Waals surface area contributed by atoms with Crippen LogP contribution < -0.4 is 0 Å². The lowest BCUT2D eigenvalue weighted by atomic mass is 10.3. The highest BCUT2D eigenvalue weighted by molar-refractivity contribution is 5.89. The van der Waals surface area contributed by atoms with Crippen LogP contribution in [-0.4, -0.2) is 37.3 Å². The van der Waals surface area contributed by atoms with Gasteiger partial charge in [-0.25, -0.2) is 4.98 Å². The molecule has 0 aromatic carbocycles. The van der Waals surface area contributed by atoms with Crippen LogP contribution in [0.1, 0.15) is 17.8 Å². The summed E-state index contributed by atoms with van der Waals surface area (Å²) in [5.74, 6) is 0.0658. The van der Waals surface area contributed by atoms with E-state index in [1.54, 1.807) is 6.07 Å². The van der Waals surface area contributed by atoms with Gasteiger partial charge in [-0.15, -0.1) is 0 Å². The Hall–Kier alpha value is -1.46. The summed E-state index contributed by atoms with van der Waals surface area (Å²) in [7, 11) is 1.46. The summed E-state index contributed by atoms with van der Waals surface area (Å²) >= 11 is 0. The average Bonchev–Trinajstić information content (AvgIpc) is 2.89. The van der Waals surface area contributed by atoms with E-state index >= 15 is 0 Å². The highest BCUT2D eigenvalue weighted by Gasteiger charge is 2.16. The van der Waals surface area contributed by atoms with Crippen molar-refractivity contribution in [3.8, 4) is 0 Å². The molecule has 0 bridgehead atoms. The van der Waals surface area contributed by atoms with E-state index in [4.69, 9.17) is 19.6 Å². The van der Waals surface area contributed by atoms with Crippen molar-refractivity contribution in [2.24, 2.45) is 0 Å². The average molecular weight is 236 g/mol. The van der Waals surface area contributed by atoms with E-state index in [1.165, 1.54) is 7.11 Å². The van der Waals surface area contributed by atoms with Crippen LogP contribution in [0, 0.1) is 5.41 Å². The van der Waals surface area contributed by atoms with Gasteiger partial charge in [-0.1, -0.05) is 6.07 Å². The van der Waals surface area contributed by atoms with E-state index in [1.807, 2.05) is 12.1 Å². The van der Waals surface area contributed by atoms with Gasteiger partial charge in [0.2, 0.25) is 5.90 Å². The van der Waals surface area contributed by atoms with Crippen LogP contribution in [-0.2, 0) is 20.8 Å². The van der Waals surface area contributed by atoms with Crippen molar-refractivity contribution >= 4 is 5.90 Å². The number of rotatable bonds is 4. The maximum absolute atomic E-state index is 7.53. The molecule has 5 heteroatoms. The standard InChI is InChI=1S/C12H16N2O3/c1-15-12(13)11-4-2-3-9(14-11)7-17-10-5-6-16-8-10/h2-4,10,13H,5-8H2,1H3/t10-/m0/s1. The minimum atomic E-state index is 0.0658. The van der Waals surface area contributed by atoms with Gasteiger partial charge in [0.15, 0.2) is 0 Å². The molecule has 0 aliphatic carbocycles. The van der Waals surface area contributed by atoms with Crippen LogP contribution in [0.2, 0.25) is 0 Å². The summed E-state index contributed by atoms with van der Waals surface area (Å²) in [6, 6.07) is 5.47. The molecule has 1 aromatic rings. The summed E-state index contributed by atoms with van der Waals surface area (Å²) in [5.41, 5.74) is 1.33. The zero-order valence-electron chi connectivity index (χ0n) is 9.81. The molecule has 2 heterocycles. The molecule has 0 unspecified atom stereocenters. The molecule has 0 radical (unpaired) electrons. The SMILES string of the molecule is COC(=N)c1cccc(CO[C@H]2CCOC2)n1. The zero-order valence-corrected chi connectivity index (χ0v) is 9.81. The molecule has 0 amide bonds. The lowest BCUT2D eigenvalue weighted by Gasteiger charge is -2.10. The maximum Gasteiger partial charge on any atom is 0.232 e. The van der Waals surface area contributed by atoms with Crippen molar-refractivity contribution in [1.82, 2.24) is 4.98 Å². The first-order chi connectivity index (χ1) is 8.29. The lowest BCUT2D eigenvalue weighted by Crippen LogP contribution is -2.13. The first-order valence-corrected chi connectivity index (χ1v) is 5.58. The number of ether oxygens (including phenoxy) is 3. The van der Waals surface area contributed by atoms with Crippen molar-refractivity contribution in [3.63, 3.8) is 0 Å². The monoisotopic (exact) mass is 236 g/mol. The van der Waals surface area contributed by atoms with E-state index < -0.39 is 0 Å². The topological polar surface area (TPSA) is 64.4 Å². The molecule has 5 nitrogen and oxygen atoms in total. The quantitative estimate of drug-likeness (QED) is 0.633. The largest absolute Gasteiger partial charge is 0.480 e. The van der Waals surface area contributed by atoms with Crippen LogP contribution >= 0.6 is 0 Å². The third kappa shape index (κ3) is 3.25. The molecule has 92 valence electrons. The van der Waals surface area contributed by atoms with Gasteiger partial charge in [-0.2, -0.15) is 0 Å². The van der Waals surface area contributed by atoms with E-state index in [0.29, 0.717) is 18.9 Å². The molecule has 1 saturated heterocycles. The summed E-state index contributed by atoms with van der Waals surface area (Å²) < 4.78 is 15.7. The second kappa shape index (κ2) is 5.75. The number of aromatic nitrogens is 1. The Kier molecular flexibility index (Phi) is 4.06. The molecular formula is C12H16N2O3. The summed E-state index contributed by atoms with van der Waals surface area (Å²) in [6.45, 7) is 1.87. The maximum atomic E-state index is 7.53. The van der Waals surface area contributed by atoms with Gasteiger partial charge in [-0.3, -0.25) is 5.41 Å². The normalized spacial score (nSPS) is 19.2. The molecule has 0 saturated carbocycles. The molecule has 1 aliphatic rings. The second-order valence-electron chi connectivity index (χ2n) is 3.84. The summed E-state index contributed by atoms with van der Waals surface area (Å²) in [6.07, 6.45) is 1.11. The van der Waals surface area contributed by atoms with Gasteiger partial charge >= 0.3 is 0 Å². The molecule has 1 aliphatic heterocycles. The molecule has 0 spiro atoms. The van der Waals surface area contributed by atoms with Crippen LogP contribution in [0.5, 0.6) is 0 Å². The fraction of sp³-hybridized carbons (Fsp3) is 0.500. The third-order valence-corrected chi connectivity index (χ3v) is 2.60. The first kappa shape index (κ1) is 12.0. The fourth-order valence-corrected chi connectivity index (χ4v) is 1.64. The van der Waals surface area contributed by atoms with Gasteiger partial charge in [0.1, 0.15) is 5.69 Å². The zero-order chi connectivity index (χ0) is 12.1. The summed E-state index contributed by atoms with van der Waals surface area (Å²) in [5, 5.41) is 7.53. The Bertz CT molecular complexity index is 389. The fourth-order valence-electron chi connectivity index (χ4n) is 1.64. The Morgan fingerprint density at radius 2 is 2.47 bits per heavy atom. The highest BCUT2D eigenvalue weighted by Crippen LogP contribution is 2.11. The van der Waals surface area contributed by atoms with Crippen molar-refractivity contribution in [2.45, 2.75) is 19.1 Å². The van der Waals surface area contributed by atoms with E-state index in [2.05, 4.69) is 4.98 Å². The van der Waals surface area contributed by atoms with Crippen molar-refractivity contribution in [2.75, 3.05) is 20.3 Å². The predicted octanol–water partition coefficient (Wildman–Crippen LogP) is 1.36. The molecule has 1 aromatic heterocycles. The van der Waals surface area contributed by atoms with Gasteiger partial charge < -0.3 is 14.2 Å². The van der Waals surface area contributed by atoms with Crippen molar-refractivity contribution in [3.05, 3.63) is 29.6 Å². The molecule has 1 fully saturated rings. The highest BCUT2D eigenvalue weighted by atomic mass is 16.5. The minimum absolute atomic E-state index is 0.0658. The van der Waals surface area contributed by atoms with E-state index in [9.17, 15) is 0 Å². The molecule has 2 rings (SSSR count). The van der Waals surface area contributed by atoms with Crippen LogP contribution in [0.25, 0.3) is 0 Å². The van der Waals surface area contributed by atoms with Gasteiger partial charge in [0, 0.05) is 6.61 Å². The van der Waals surface area contributed by atoms with E-state index in [-0.39, 0.29) is 12.0 Å². The number of hydrogen-bond acceptors (Lipinski definition) is 5. The second-order valence-corrected chi connectivity index (χ2v) is 3.84. The van der Waals surface area contributed by atoms with Crippen molar-refractivity contribution in [1.29, 1.82) is 5.41 Å². The molecule has 17 heavy (non-hydrogen) atoms. The molecular weight excluding hydrogens is 220 g/mol. The Labute approximate surface area is 100 Å². The lowest BCUT2D eigenvalue weighted by molar-refractivity contribution is 0.0301. The van der Waals surface area contributed by atoms with E-state index in [0.717, 1.165) is 18.7 Å². The predicted molar refractivity (Wildman–Crippen MR) is 62.1 cm³/mol. The van der Waals surface area contributed by atoms with Crippen molar-refractivity contribution < 1.29 is 14.2 Å². The molecule has 1 N–H and O–H groups in total.